The van der Waals surface area contributed by atoms with Crippen LogP contribution >= 0.6 is 0 Å². The Kier molecular flexibility index (Phi) is 7.73. The first kappa shape index (κ1) is 25.9. The summed E-state index contributed by atoms with van der Waals surface area (Å²) in [5, 5.41) is 4.09. The second-order valence-electron chi connectivity index (χ2n) is 10.1. The summed E-state index contributed by atoms with van der Waals surface area (Å²) in [5.41, 5.74) is 2.47. The summed E-state index contributed by atoms with van der Waals surface area (Å²) in [5.74, 6) is 0.905. The molecule has 3 aromatic heterocycles. The molecule has 5 rings (SSSR count). The van der Waals surface area contributed by atoms with Crippen LogP contribution in [0.5, 0.6) is 0 Å². The smallest absolute Gasteiger partial charge is 0.320 e. The molecule has 1 saturated heterocycles. The molecule has 1 N–H and O–H groups in total. The molecule has 0 bridgehead atoms. The van der Waals surface area contributed by atoms with Crippen molar-refractivity contribution in [2.75, 3.05) is 63.6 Å². The van der Waals surface area contributed by atoms with Crippen molar-refractivity contribution in [1.82, 2.24) is 29.3 Å². The summed E-state index contributed by atoms with van der Waals surface area (Å²) in [6.45, 7) is 5.80. The number of nitrogens with one attached hydrogen (secondary N) is 1. The quantitative estimate of drug-likeness (QED) is 0.448. The number of rotatable bonds is 8. The van der Waals surface area contributed by atoms with E-state index >= 15 is 0 Å². The van der Waals surface area contributed by atoms with Gasteiger partial charge in [0.2, 0.25) is 5.95 Å². The lowest BCUT2D eigenvalue weighted by atomic mass is 10.2. The molecule has 1 saturated carbocycles. The number of ether oxygens (including phenoxy) is 1. The summed E-state index contributed by atoms with van der Waals surface area (Å²) in [7, 11) is 3.55. The van der Waals surface area contributed by atoms with Crippen LogP contribution in [0.1, 0.15) is 49.1 Å². The molecular weight excluding hydrogens is 484 g/mol. The van der Waals surface area contributed by atoms with Crippen LogP contribution in [0.15, 0.2) is 30.6 Å². The number of esters is 1. The molecule has 0 aromatic carbocycles. The maximum atomic E-state index is 12.9. The van der Waals surface area contributed by atoms with Gasteiger partial charge in [-0.3, -0.25) is 14.5 Å². The first-order valence-corrected chi connectivity index (χ1v) is 13.4. The lowest BCUT2D eigenvalue weighted by Gasteiger charge is -2.35. The number of hydrogen-bond donors (Lipinski definition) is 1. The van der Waals surface area contributed by atoms with E-state index in [0.717, 1.165) is 68.6 Å². The topological polar surface area (TPSA) is 109 Å². The van der Waals surface area contributed by atoms with Gasteiger partial charge in [-0.25, -0.2) is 9.97 Å². The highest BCUT2D eigenvalue weighted by Gasteiger charge is 2.26. The van der Waals surface area contributed by atoms with E-state index in [1.54, 1.807) is 25.2 Å². The van der Waals surface area contributed by atoms with Crippen molar-refractivity contribution in [2.24, 2.45) is 0 Å². The van der Waals surface area contributed by atoms with Crippen LogP contribution in [-0.2, 0) is 9.53 Å². The van der Waals surface area contributed by atoms with Gasteiger partial charge in [-0.15, -0.1) is 0 Å². The minimum atomic E-state index is -0.172. The molecule has 4 heterocycles. The molecule has 11 nitrogen and oxygen atoms in total. The molecule has 38 heavy (non-hydrogen) atoms. The van der Waals surface area contributed by atoms with Crippen LogP contribution < -0.4 is 10.2 Å². The first-order chi connectivity index (χ1) is 18.4. The number of hydrogen-bond acceptors (Lipinski definition) is 9. The number of piperazine rings is 1. The molecule has 2 aliphatic rings. The SMILES string of the molecule is CCOC(=O)CN1CCN(c2ccc(Nc3ncc4cc(C(=O)N(C)C)n(C5CCCC5)c4n3)nc2)CC1. The van der Waals surface area contributed by atoms with E-state index < -0.39 is 0 Å². The zero-order chi connectivity index (χ0) is 26.6. The van der Waals surface area contributed by atoms with Crippen LogP contribution in [0.4, 0.5) is 17.5 Å². The third-order valence-electron chi connectivity index (χ3n) is 7.27. The number of amides is 1. The lowest BCUT2D eigenvalue weighted by Crippen LogP contribution is -2.48. The standard InChI is InChI=1S/C27H36N8O3/c1-4-38-24(36)18-33-11-13-34(14-12-33)21-9-10-23(28-17-21)30-27-29-16-19-15-22(26(37)32(2)3)35(25(19)31-27)20-7-5-6-8-20/h9-10,15-17,20H,4-8,11-14,18H2,1-3H3,(H,28,29,30,31). The van der Waals surface area contributed by atoms with Gasteiger partial charge in [0.1, 0.15) is 17.2 Å². The van der Waals surface area contributed by atoms with Crippen molar-refractivity contribution in [1.29, 1.82) is 0 Å². The molecule has 202 valence electrons. The van der Waals surface area contributed by atoms with Gasteiger partial charge in [0.15, 0.2) is 0 Å². The maximum Gasteiger partial charge on any atom is 0.320 e. The Balaban J connectivity index is 1.28. The van der Waals surface area contributed by atoms with Crippen LogP contribution in [0.3, 0.4) is 0 Å². The number of anilines is 3. The number of carbonyl (C=O) groups excluding carboxylic acids is 2. The van der Waals surface area contributed by atoms with Gasteiger partial charge in [0.25, 0.3) is 5.91 Å². The van der Waals surface area contributed by atoms with E-state index in [1.165, 1.54) is 0 Å². The van der Waals surface area contributed by atoms with Crippen molar-refractivity contribution in [3.63, 3.8) is 0 Å². The average Bonchev–Trinajstić information content (AvgIpc) is 3.57. The van der Waals surface area contributed by atoms with Gasteiger partial charge >= 0.3 is 5.97 Å². The third kappa shape index (κ3) is 5.57. The Morgan fingerprint density at radius 3 is 2.50 bits per heavy atom. The maximum absolute atomic E-state index is 12.9. The molecule has 1 aliphatic carbocycles. The minimum absolute atomic E-state index is 0.0246. The third-order valence-corrected chi connectivity index (χ3v) is 7.27. The van der Waals surface area contributed by atoms with Gasteiger partial charge in [0.05, 0.1) is 25.0 Å². The zero-order valence-electron chi connectivity index (χ0n) is 22.4. The van der Waals surface area contributed by atoms with Gasteiger partial charge in [-0.05, 0) is 38.0 Å². The normalized spacial score (nSPS) is 16.7. The predicted octanol–water partition coefficient (Wildman–Crippen LogP) is 3.07. The molecule has 1 amide bonds. The summed E-state index contributed by atoms with van der Waals surface area (Å²) in [6.07, 6.45) is 8.03. The van der Waals surface area contributed by atoms with Gasteiger partial charge in [-0.2, -0.15) is 4.98 Å². The van der Waals surface area contributed by atoms with Crippen molar-refractivity contribution < 1.29 is 14.3 Å². The molecule has 3 aromatic rings. The summed E-state index contributed by atoms with van der Waals surface area (Å²) in [6, 6.07) is 6.12. The number of nitrogens with zero attached hydrogens (tertiary/aromatic N) is 7. The first-order valence-electron chi connectivity index (χ1n) is 13.4. The second-order valence-corrected chi connectivity index (χ2v) is 10.1. The van der Waals surface area contributed by atoms with E-state index in [9.17, 15) is 9.59 Å². The highest BCUT2D eigenvalue weighted by atomic mass is 16.5. The Morgan fingerprint density at radius 1 is 1.08 bits per heavy atom. The molecule has 11 heteroatoms. The fourth-order valence-electron chi connectivity index (χ4n) is 5.31. The zero-order valence-corrected chi connectivity index (χ0v) is 22.4. The highest BCUT2D eigenvalue weighted by Crippen LogP contribution is 2.35. The monoisotopic (exact) mass is 520 g/mol. The van der Waals surface area contributed by atoms with E-state index in [4.69, 9.17) is 9.72 Å². The fourth-order valence-corrected chi connectivity index (χ4v) is 5.31. The number of carbonyl (C=O) groups is 2. The summed E-state index contributed by atoms with van der Waals surface area (Å²) in [4.78, 5) is 44.5. The predicted molar refractivity (Wildman–Crippen MR) is 146 cm³/mol. The van der Waals surface area contributed by atoms with Gasteiger partial charge in [0, 0.05) is 57.9 Å². The summed E-state index contributed by atoms with van der Waals surface area (Å²) < 4.78 is 7.16. The molecule has 0 spiro atoms. The number of fused-ring (bicyclic) bond motifs is 1. The average molecular weight is 521 g/mol. The number of pyridine rings is 1. The van der Waals surface area contributed by atoms with Gasteiger partial charge < -0.3 is 24.4 Å². The Morgan fingerprint density at radius 2 is 1.84 bits per heavy atom. The minimum Gasteiger partial charge on any atom is -0.465 e. The molecule has 2 fully saturated rings. The molecule has 0 atom stereocenters. The van der Waals surface area contributed by atoms with Gasteiger partial charge in [-0.1, -0.05) is 12.8 Å². The molecule has 0 radical (unpaired) electrons. The summed E-state index contributed by atoms with van der Waals surface area (Å²) >= 11 is 0. The fraction of sp³-hybridized carbons (Fsp3) is 0.519. The van der Waals surface area contributed by atoms with Crippen LogP contribution in [0.2, 0.25) is 0 Å². The van der Waals surface area contributed by atoms with Crippen molar-refractivity contribution in [3.05, 3.63) is 36.3 Å². The molecular formula is C27H36N8O3. The van der Waals surface area contributed by atoms with Crippen LogP contribution in [0.25, 0.3) is 11.0 Å². The highest BCUT2D eigenvalue weighted by molar-refractivity contribution is 5.97. The van der Waals surface area contributed by atoms with Crippen molar-refractivity contribution in [2.45, 2.75) is 38.6 Å². The second kappa shape index (κ2) is 11.3. The Labute approximate surface area is 222 Å². The van der Waals surface area contributed by atoms with E-state index in [0.29, 0.717) is 30.6 Å². The van der Waals surface area contributed by atoms with Crippen molar-refractivity contribution in [3.8, 4) is 0 Å². The number of aromatic nitrogens is 4. The van der Waals surface area contributed by atoms with Crippen molar-refractivity contribution >= 4 is 40.4 Å². The van der Waals surface area contributed by atoms with E-state index in [1.807, 2.05) is 31.3 Å². The Bertz CT molecular complexity index is 1280. The Hall–Kier alpha value is -3.73. The van der Waals surface area contributed by atoms with Crippen LogP contribution in [-0.4, -0.2) is 94.6 Å². The molecule has 1 aliphatic heterocycles. The largest absolute Gasteiger partial charge is 0.465 e. The molecule has 0 unspecified atom stereocenters. The van der Waals surface area contributed by atoms with Crippen LogP contribution in [0, 0.1) is 0 Å². The van der Waals surface area contributed by atoms with E-state index in [2.05, 4.69) is 29.7 Å². The lowest BCUT2D eigenvalue weighted by molar-refractivity contribution is -0.144. The van der Waals surface area contributed by atoms with E-state index in [-0.39, 0.29) is 17.9 Å².